The molecule has 0 aliphatic rings. The number of carboxylic acids is 1. The van der Waals surface area contributed by atoms with Gasteiger partial charge in [-0.3, -0.25) is 9.48 Å². The summed E-state index contributed by atoms with van der Waals surface area (Å²) in [6.07, 6.45) is 0.416. The van der Waals surface area contributed by atoms with Crippen LogP contribution in [0, 0.1) is 6.92 Å². The van der Waals surface area contributed by atoms with E-state index in [1.807, 2.05) is 24.6 Å². The first-order valence-corrected chi connectivity index (χ1v) is 7.70. The van der Waals surface area contributed by atoms with E-state index >= 15 is 0 Å². The van der Waals surface area contributed by atoms with E-state index < -0.39 is 12.0 Å². The zero-order valence-electron chi connectivity index (χ0n) is 12.0. The van der Waals surface area contributed by atoms with Crippen molar-refractivity contribution in [2.24, 2.45) is 0 Å². The third kappa shape index (κ3) is 5.24. The molecule has 7 heteroatoms. The summed E-state index contributed by atoms with van der Waals surface area (Å²) in [6.45, 7) is 6.15. The van der Waals surface area contributed by atoms with Crippen LogP contribution in [-0.2, 0) is 21.9 Å². The molecule has 1 aromatic heterocycles. The van der Waals surface area contributed by atoms with Gasteiger partial charge in [0.15, 0.2) is 0 Å². The van der Waals surface area contributed by atoms with Crippen LogP contribution in [0.5, 0.6) is 0 Å². The van der Waals surface area contributed by atoms with Crippen LogP contribution in [0.25, 0.3) is 0 Å². The molecule has 1 aromatic rings. The van der Waals surface area contributed by atoms with Crippen molar-refractivity contribution in [2.45, 2.75) is 45.5 Å². The average molecular weight is 299 g/mol. The number of nitrogens with zero attached hydrogens (tertiary/aromatic N) is 2. The topological polar surface area (TPSA) is 84.2 Å². The maximum Gasteiger partial charge on any atom is 0.326 e. The molecule has 1 unspecified atom stereocenters. The lowest BCUT2D eigenvalue weighted by Gasteiger charge is -2.12. The Morgan fingerprint density at radius 3 is 2.80 bits per heavy atom. The molecule has 1 atom stereocenters. The van der Waals surface area contributed by atoms with Crippen LogP contribution in [-0.4, -0.2) is 38.6 Å². The molecule has 0 saturated heterocycles. The molecule has 0 bridgehead atoms. The summed E-state index contributed by atoms with van der Waals surface area (Å²) in [7, 11) is 0. The SMILES string of the molecule is CCn1nc(C)cc1CSCCC(NC(C)=O)C(=O)O. The standard InChI is InChI=1S/C13H21N3O3S/c1-4-16-11(7-9(2)15-16)8-20-6-5-12(13(18)19)14-10(3)17/h7,12H,4-6,8H2,1-3H3,(H,14,17)(H,18,19). The van der Waals surface area contributed by atoms with Crippen molar-refractivity contribution < 1.29 is 14.7 Å². The summed E-state index contributed by atoms with van der Waals surface area (Å²) in [5.41, 5.74) is 2.13. The molecule has 20 heavy (non-hydrogen) atoms. The maximum atomic E-state index is 11.0. The third-order valence-electron chi connectivity index (χ3n) is 2.76. The van der Waals surface area contributed by atoms with Crippen molar-refractivity contribution in [2.75, 3.05) is 5.75 Å². The van der Waals surface area contributed by atoms with Gasteiger partial charge in [-0.2, -0.15) is 16.9 Å². The van der Waals surface area contributed by atoms with Gasteiger partial charge in [-0.05, 0) is 32.1 Å². The number of carbonyl (C=O) groups is 2. The minimum Gasteiger partial charge on any atom is -0.480 e. The first-order chi connectivity index (χ1) is 9.43. The molecule has 1 heterocycles. The minimum absolute atomic E-state index is 0.318. The first-order valence-electron chi connectivity index (χ1n) is 6.55. The molecule has 0 aliphatic heterocycles. The third-order valence-corrected chi connectivity index (χ3v) is 3.79. The molecule has 0 radical (unpaired) electrons. The zero-order valence-corrected chi connectivity index (χ0v) is 12.9. The van der Waals surface area contributed by atoms with Gasteiger partial charge in [-0.25, -0.2) is 4.79 Å². The molecular weight excluding hydrogens is 278 g/mol. The lowest BCUT2D eigenvalue weighted by molar-refractivity contribution is -0.141. The molecule has 112 valence electrons. The van der Waals surface area contributed by atoms with Crippen LogP contribution in [0.2, 0.25) is 0 Å². The van der Waals surface area contributed by atoms with Gasteiger partial charge in [0, 0.05) is 24.9 Å². The summed E-state index contributed by atoms with van der Waals surface area (Å²) in [5.74, 6) is 0.157. The summed E-state index contributed by atoms with van der Waals surface area (Å²) in [5, 5.41) is 15.8. The first kappa shape index (κ1) is 16.6. The van der Waals surface area contributed by atoms with E-state index in [9.17, 15) is 9.59 Å². The lowest BCUT2D eigenvalue weighted by atomic mass is 10.2. The Kier molecular flexibility index (Phi) is 6.57. The predicted molar refractivity (Wildman–Crippen MR) is 78.7 cm³/mol. The second-order valence-corrected chi connectivity index (χ2v) is 5.63. The number of aromatic nitrogens is 2. The minimum atomic E-state index is -0.991. The molecule has 2 N–H and O–H groups in total. The largest absolute Gasteiger partial charge is 0.480 e. The Hall–Kier alpha value is -1.50. The van der Waals surface area contributed by atoms with Crippen LogP contribution < -0.4 is 5.32 Å². The molecule has 6 nitrogen and oxygen atoms in total. The summed E-state index contributed by atoms with van der Waals surface area (Å²) >= 11 is 1.65. The number of hydrogen-bond donors (Lipinski definition) is 2. The van der Waals surface area contributed by atoms with Gasteiger partial charge in [-0.15, -0.1) is 0 Å². The van der Waals surface area contributed by atoms with Crippen molar-refractivity contribution in [3.63, 3.8) is 0 Å². The normalized spacial score (nSPS) is 12.2. The molecule has 0 spiro atoms. The highest BCUT2D eigenvalue weighted by molar-refractivity contribution is 7.98. The molecule has 1 rings (SSSR count). The van der Waals surface area contributed by atoms with E-state index in [1.165, 1.54) is 6.92 Å². The Morgan fingerprint density at radius 2 is 2.25 bits per heavy atom. The molecule has 0 aliphatic carbocycles. The summed E-state index contributed by atoms with van der Waals surface area (Å²) in [4.78, 5) is 21.9. The van der Waals surface area contributed by atoms with Crippen LogP contribution in [0.1, 0.15) is 31.7 Å². The number of hydrogen-bond acceptors (Lipinski definition) is 4. The average Bonchev–Trinajstić information content (AvgIpc) is 2.72. The smallest absolute Gasteiger partial charge is 0.326 e. The Morgan fingerprint density at radius 1 is 1.55 bits per heavy atom. The monoisotopic (exact) mass is 299 g/mol. The molecule has 0 saturated carbocycles. The van der Waals surface area contributed by atoms with Crippen LogP contribution in [0.4, 0.5) is 0 Å². The lowest BCUT2D eigenvalue weighted by Crippen LogP contribution is -2.39. The summed E-state index contributed by atoms with van der Waals surface area (Å²) in [6, 6.07) is 1.23. The highest BCUT2D eigenvalue weighted by atomic mass is 32.2. The van der Waals surface area contributed by atoms with Crippen LogP contribution >= 0.6 is 11.8 Å². The fourth-order valence-corrected chi connectivity index (χ4v) is 2.86. The van der Waals surface area contributed by atoms with Crippen LogP contribution in [0.3, 0.4) is 0 Å². The zero-order chi connectivity index (χ0) is 15.1. The molecule has 0 fully saturated rings. The van der Waals surface area contributed by atoms with E-state index in [-0.39, 0.29) is 5.91 Å². The Labute approximate surface area is 122 Å². The van der Waals surface area contributed by atoms with E-state index in [1.54, 1.807) is 11.8 Å². The Balaban J connectivity index is 2.39. The van der Waals surface area contributed by atoms with E-state index in [0.29, 0.717) is 12.2 Å². The van der Waals surface area contributed by atoms with Crippen molar-refractivity contribution in [1.82, 2.24) is 15.1 Å². The quantitative estimate of drug-likeness (QED) is 0.709. The second kappa shape index (κ2) is 7.94. The second-order valence-electron chi connectivity index (χ2n) is 4.53. The number of carbonyl (C=O) groups excluding carboxylic acids is 1. The highest BCUT2D eigenvalue weighted by Crippen LogP contribution is 2.15. The number of amides is 1. The predicted octanol–water partition coefficient (Wildman–Crippen LogP) is 1.42. The number of carboxylic acid groups (broad SMARTS) is 1. The highest BCUT2D eigenvalue weighted by Gasteiger charge is 2.17. The van der Waals surface area contributed by atoms with Gasteiger partial charge in [0.25, 0.3) is 0 Å². The van der Waals surface area contributed by atoms with Crippen molar-refractivity contribution in [3.05, 3.63) is 17.5 Å². The van der Waals surface area contributed by atoms with Gasteiger partial charge >= 0.3 is 5.97 Å². The van der Waals surface area contributed by atoms with Crippen LogP contribution in [0.15, 0.2) is 6.07 Å². The van der Waals surface area contributed by atoms with E-state index in [0.717, 1.165) is 23.7 Å². The summed E-state index contributed by atoms with van der Waals surface area (Å²) < 4.78 is 1.95. The van der Waals surface area contributed by atoms with Gasteiger partial charge in [0.05, 0.1) is 5.69 Å². The van der Waals surface area contributed by atoms with Crippen molar-refractivity contribution in [1.29, 1.82) is 0 Å². The number of aryl methyl sites for hydroxylation is 2. The Bertz CT molecular complexity index is 473. The molecular formula is C13H21N3O3S. The van der Waals surface area contributed by atoms with E-state index in [4.69, 9.17) is 5.11 Å². The number of nitrogens with one attached hydrogen (secondary N) is 1. The fraction of sp³-hybridized carbons (Fsp3) is 0.615. The number of aliphatic carboxylic acids is 1. The van der Waals surface area contributed by atoms with Gasteiger partial charge < -0.3 is 10.4 Å². The maximum absolute atomic E-state index is 11.0. The fourth-order valence-electron chi connectivity index (χ4n) is 1.87. The van der Waals surface area contributed by atoms with Gasteiger partial charge in [0.1, 0.15) is 6.04 Å². The van der Waals surface area contributed by atoms with Gasteiger partial charge in [-0.1, -0.05) is 0 Å². The number of thioether (sulfide) groups is 1. The van der Waals surface area contributed by atoms with E-state index in [2.05, 4.69) is 10.4 Å². The van der Waals surface area contributed by atoms with Crippen molar-refractivity contribution >= 4 is 23.6 Å². The van der Waals surface area contributed by atoms with Gasteiger partial charge in [0.2, 0.25) is 5.91 Å². The molecule has 1 amide bonds. The van der Waals surface area contributed by atoms with Crippen molar-refractivity contribution in [3.8, 4) is 0 Å². The molecule has 0 aromatic carbocycles. The number of rotatable bonds is 8.